The Morgan fingerprint density at radius 3 is 2.73 bits per heavy atom. The van der Waals surface area contributed by atoms with Crippen LogP contribution in [0.3, 0.4) is 0 Å². The van der Waals surface area contributed by atoms with Crippen LogP contribution in [0.2, 0.25) is 0 Å². The molecular weight excluding hydrogens is 334 g/mol. The van der Waals surface area contributed by atoms with E-state index < -0.39 is 11.9 Å². The second kappa shape index (κ2) is 7.74. The van der Waals surface area contributed by atoms with Crippen molar-refractivity contribution >= 4 is 11.9 Å². The number of esters is 1. The molecule has 2 unspecified atom stereocenters. The van der Waals surface area contributed by atoms with Gasteiger partial charge in [0, 0.05) is 18.2 Å². The number of methoxy groups -OCH3 is 1. The molecule has 1 fully saturated rings. The van der Waals surface area contributed by atoms with E-state index in [2.05, 4.69) is 11.8 Å². The molecule has 1 aliphatic heterocycles. The van der Waals surface area contributed by atoms with E-state index in [1.165, 1.54) is 7.11 Å². The fourth-order valence-electron chi connectivity index (χ4n) is 3.39. The molecular formula is C20H23NO5. The fraction of sp³-hybridized carbons (Fsp3) is 0.400. The molecule has 2 aromatic rings. The molecule has 1 aliphatic rings. The van der Waals surface area contributed by atoms with E-state index in [1.807, 2.05) is 24.3 Å². The van der Waals surface area contributed by atoms with Gasteiger partial charge in [-0.1, -0.05) is 18.2 Å². The number of ether oxygens (including phenoxy) is 1. The lowest BCUT2D eigenvalue weighted by atomic mass is 9.93. The first-order valence-corrected chi connectivity index (χ1v) is 8.73. The van der Waals surface area contributed by atoms with Gasteiger partial charge in [0.2, 0.25) is 0 Å². The summed E-state index contributed by atoms with van der Waals surface area (Å²) in [5.41, 5.74) is 1.13. The average molecular weight is 357 g/mol. The largest absolute Gasteiger partial charge is 0.481 e. The van der Waals surface area contributed by atoms with Crippen LogP contribution in [0, 0.1) is 5.92 Å². The van der Waals surface area contributed by atoms with Gasteiger partial charge in [-0.3, -0.25) is 9.69 Å². The summed E-state index contributed by atoms with van der Waals surface area (Å²) in [6.07, 6.45) is 1.57. The third kappa shape index (κ3) is 3.80. The summed E-state index contributed by atoms with van der Waals surface area (Å²) in [4.78, 5) is 25.4. The number of carboxylic acids is 1. The molecule has 2 heterocycles. The van der Waals surface area contributed by atoms with Crippen molar-refractivity contribution in [3.63, 3.8) is 0 Å². The maximum absolute atomic E-state index is 11.9. The number of carbonyl (C=O) groups excluding carboxylic acids is 1. The molecule has 6 nitrogen and oxygen atoms in total. The first-order chi connectivity index (χ1) is 12.5. The Balaban J connectivity index is 1.78. The van der Waals surface area contributed by atoms with Crippen molar-refractivity contribution in [1.82, 2.24) is 4.90 Å². The highest BCUT2D eigenvalue weighted by atomic mass is 16.5. The molecule has 1 aromatic heterocycles. The smallest absolute Gasteiger partial charge is 0.338 e. The topological polar surface area (TPSA) is 80.0 Å². The zero-order valence-corrected chi connectivity index (χ0v) is 15.0. The number of furan rings is 1. The van der Waals surface area contributed by atoms with Gasteiger partial charge in [0.25, 0.3) is 0 Å². The summed E-state index contributed by atoms with van der Waals surface area (Å²) in [5.74, 6) is -0.139. The van der Waals surface area contributed by atoms with E-state index in [-0.39, 0.29) is 5.92 Å². The number of likely N-dealkylation sites (tertiary alicyclic amines) is 1. The molecule has 26 heavy (non-hydrogen) atoms. The van der Waals surface area contributed by atoms with Crippen molar-refractivity contribution in [2.24, 2.45) is 5.92 Å². The van der Waals surface area contributed by atoms with E-state index in [0.717, 1.165) is 12.2 Å². The predicted molar refractivity (Wildman–Crippen MR) is 95.7 cm³/mol. The van der Waals surface area contributed by atoms with Crippen LogP contribution in [0.1, 0.15) is 35.9 Å². The van der Waals surface area contributed by atoms with Gasteiger partial charge in [0.15, 0.2) is 0 Å². The van der Waals surface area contributed by atoms with Gasteiger partial charge in [-0.05, 0) is 38.0 Å². The molecule has 1 saturated heterocycles. The highest BCUT2D eigenvalue weighted by Crippen LogP contribution is 2.29. The molecule has 138 valence electrons. The first kappa shape index (κ1) is 18.2. The second-order valence-corrected chi connectivity index (χ2v) is 6.69. The standard InChI is InChI=1S/C20H23NO5/c1-13-7-8-14(19(22)23)11-21(13)12-15-9-10-18(26-15)16-5-3-4-6-17(16)20(24)25-2/h3-6,9-10,13-14H,7-8,11-12H2,1-2H3,(H,22,23). The molecule has 1 N–H and O–H groups in total. The van der Waals surface area contributed by atoms with Crippen molar-refractivity contribution < 1.29 is 23.8 Å². The number of hydrogen-bond donors (Lipinski definition) is 1. The Bertz CT molecular complexity index is 797. The zero-order chi connectivity index (χ0) is 18.7. The van der Waals surface area contributed by atoms with E-state index >= 15 is 0 Å². The normalized spacial score (nSPS) is 20.7. The lowest BCUT2D eigenvalue weighted by Crippen LogP contribution is -2.43. The highest BCUT2D eigenvalue weighted by molar-refractivity contribution is 5.96. The van der Waals surface area contributed by atoms with Crippen LogP contribution in [0.25, 0.3) is 11.3 Å². The number of piperidine rings is 1. The molecule has 2 atom stereocenters. The van der Waals surface area contributed by atoms with Crippen molar-refractivity contribution in [3.8, 4) is 11.3 Å². The lowest BCUT2D eigenvalue weighted by molar-refractivity contribution is -0.144. The SMILES string of the molecule is COC(=O)c1ccccc1-c1ccc(CN2CC(C(=O)O)CCC2C)o1. The minimum absolute atomic E-state index is 0.307. The number of carbonyl (C=O) groups is 2. The summed E-state index contributed by atoms with van der Waals surface area (Å²) in [7, 11) is 1.35. The molecule has 0 radical (unpaired) electrons. The maximum atomic E-state index is 11.9. The average Bonchev–Trinajstić information content (AvgIpc) is 3.11. The van der Waals surface area contributed by atoms with E-state index in [4.69, 9.17) is 9.15 Å². The zero-order valence-electron chi connectivity index (χ0n) is 15.0. The number of rotatable bonds is 5. The molecule has 0 bridgehead atoms. The quantitative estimate of drug-likeness (QED) is 0.826. The molecule has 0 aliphatic carbocycles. The molecule has 0 spiro atoms. The van der Waals surface area contributed by atoms with Gasteiger partial charge >= 0.3 is 11.9 Å². The third-order valence-electron chi connectivity index (χ3n) is 4.98. The third-order valence-corrected chi connectivity index (χ3v) is 4.98. The van der Waals surface area contributed by atoms with Crippen molar-refractivity contribution in [3.05, 3.63) is 47.7 Å². The summed E-state index contributed by atoms with van der Waals surface area (Å²) >= 11 is 0. The number of aliphatic carboxylic acids is 1. The molecule has 0 saturated carbocycles. The minimum Gasteiger partial charge on any atom is -0.481 e. The molecule has 3 rings (SSSR count). The van der Waals surface area contributed by atoms with Crippen LogP contribution in [-0.4, -0.2) is 41.6 Å². The van der Waals surface area contributed by atoms with Crippen LogP contribution in [0.5, 0.6) is 0 Å². The Morgan fingerprint density at radius 2 is 2.00 bits per heavy atom. The van der Waals surface area contributed by atoms with Crippen molar-refractivity contribution in [2.75, 3.05) is 13.7 Å². The molecule has 1 aromatic carbocycles. The highest BCUT2D eigenvalue weighted by Gasteiger charge is 2.30. The molecule has 6 heteroatoms. The van der Waals surface area contributed by atoms with Crippen LogP contribution in [0.4, 0.5) is 0 Å². The Labute approximate surface area is 152 Å². The lowest BCUT2D eigenvalue weighted by Gasteiger charge is -2.35. The fourth-order valence-corrected chi connectivity index (χ4v) is 3.39. The maximum Gasteiger partial charge on any atom is 0.338 e. The molecule has 0 amide bonds. The van der Waals surface area contributed by atoms with Gasteiger partial charge in [-0.15, -0.1) is 0 Å². The van der Waals surface area contributed by atoms with Gasteiger partial charge in [-0.25, -0.2) is 4.79 Å². The van der Waals surface area contributed by atoms with Crippen LogP contribution >= 0.6 is 0 Å². The summed E-state index contributed by atoms with van der Waals surface area (Å²) in [6, 6.07) is 11.2. The van der Waals surface area contributed by atoms with E-state index in [0.29, 0.717) is 42.4 Å². The van der Waals surface area contributed by atoms with E-state index in [1.54, 1.807) is 12.1 Å². The van der Waals surface area contributed by atoms with Gasteiger partial charge in [0.05, 0.1) is 25.1 Å². The van der Waals surface area contributed by atoms with Crippen molar-refractivity contribution in [2.45, 2.75) is 32.4 Å². The van der Waals surface area contributed by atoms with E-state index in [9.17, 15) is 14.7 Å². The first-order valence-electron chi connectivity index (χ1n) is 8.73. The minimum atomic E-state index is -0.742. The van der Waals surface area contributed by atoms with Gasteiger partial charge < -0.3 is 14.3 Å². The van der Waals surface area contributed by atoms with Gasteiger partial charge in [-0.2, -0.15) is 0 Å². The monoisotopic (exact) mass is 357 g/mol. The summed E-state index contributed by atoms with van der Waals surface area (Å²) in [5, 5.41) is 9.27. The number of hydrogen-bond acceptors (Lipinski definition) is 5. The number of nitrogens with zero attached hydrogens (tertiary/aromatic N) is 1. The Hall–Kier alpha value is -2.60. The number of carboxylic acid groups (broad SMARTS) is 1. The Morgan fingerprint density at radius 1 is 1.23 bits per heavy atom. The van der Waals surface area contributed by atoms with Crippen molar-refractivity contribution in [1.29, 1.82) is 0 Å². The Kier molecular flexibility index (Phi) is 5.42. The number of benzene rings is 1. The second-order valence-electron chi connectivity index (χ2n) is 6.69. The van der Waals surface area contributed by atoms with Gasteiger partial charge in [0.1, 0.15) is 11.5 Å². The predicted octanol–water partition coefficient (Wildman–Crippen LogP) is 3.42. The summed E-state index contributed by atoms with van der Waals surface area (Å²) < 4.78 is 10.8. The summed E-state index contributed by atoms with van der Waals surface area (Å²) in [6.45, 7) is 3.17. The van der Waals surface area contributed by atoms with Crippen LogP contribution < -0.4 is 0 Å². The van der Waals surface area contributed by atoms with Crippen LogP contribution in [-0.2, 0) is 16.1 Å². The van der Waals surface area contributed by atoms with Crippen LogP contribution in [0.15, 0.2) is 40.8 Å².